The van der Waals surface area contributed by atoms with Crippen LogP contribution >= 0.6 is 23.2 Å². The van der Waals surface area contributed by atoms with Gasteiger partial charge in [-0.1, -0.05) is 23.2 Å². The number of carboxylic acids is 1. The average molecular weight is 303 g/mol. The maximum atomic E-state index is 10.5. The van der Waals surface area contributed by atoms with Crippen LogP contribution in [0.3, 0.4) is 0 Å². The van der Waals surface area contributed by atoms with E-state index in [1.165, 1.54) is 0 Å². The highest BCUT2D eigenvalue weighted by Crippen LogP contribution is 2.26. The van der Waals surface area contributed by atoms with Gasteiger partial charge in [0.15, 0.2) is 0 Å². The molecule has 0 bridgehead atoms. The third kappa shape index (κ3) is 4.27. The van der Waals surface area contributed by atoms with E-state index in [4.69, 9.17) is 28.3 Å². The Bertz CT molecular complexity index is 440. The highest BCUT2D eigenvalue weighted by atomic mass is 35.5. The fourth-order valence-corrected chi connectivity index (χ4v) is 2.72. The standard InChI is InChI=1S/C13H16Cl2N2O2/c14-10-7-11(15)9-12(8-10)17-5-3-16(4-6-17)2-1-13(18)19/h7-9H,1-6H2,(H,18,19). The molecule has 0 amide bonds. The summed E-state index contributed by atoms with van der Waals surface area (Å²) >= 11 is 12.0. The molecular weight excluding hydrogens is 287 g/mol. The zero-order chi connectivity index (χ0) is 13.8. The number of aliphatic carboxylic acids is 1. The molecule has 6 heteroatoms. The third-order valence-electron chi connectivity index (χ3n) is 3.23. The minimum Gasteiger partial charge on any atom is -0.481 e. The van der Waals surface area contributed by atoms with Gasteiger partial charge in [-0.05, 0) is 18.2 Å². The average Bonchev–Trinajstić information content (AvgIpc) is 2.36. The van der Waals surface area contributed by atoms with Crippen molar-refractivity contribution in [1.29, 1.82) is 0 Å². The molecule has 4 nitrogen and oxygen atoms in total. The molecular formula is C13H16Cl2N2O2. The molecule has 0 saturated carbocycles. The second-order valence-electron chi connectivity index (χ2n) is 4.60. The highest BCUT2D eigenvalue weighted by molar-refractivity contribution is 6.35. The molecule has 1 aliphatic heterocycles. The minimum absolute atomic E-state index is 0.197. The molecule has 1 aromatic carbocycles. The number of piperazine rings is 1. The summed E-state index contributed by atoms with van der Waals surface area (Å²) in [6, 6.07) is 5.52. The van der Waals surface area contributed by atoms with Gasteiger partial charge in [-0.3, -0.25) is 9.69 Å². The van der Waals surface area contributed by atoms with Crippen LogP contribution in [0.25, 0.3) is 0 Å². The zero-order valence-corrected chi connectivity index (χ0v) is 12.0. The first-order valence-electron chi connectivity index (χ1n) is 6.20. The Morgan fingerprint density at radius 1 is 1.11 bits per heavy atom. The van der Waals surface area contributed by atoms with Crippen LogP contribution in [-0.2, 0) is 4.79 Å². The lowest BCUT2D eigenvalue weighted by Crippen LogP contribution is -2.46. The molecule has 0 aliphatic carbocycles. The lowest BCUT2D eigenvalue weighted by atomic mass is 10.2. The van der Waals surface area contributed by atoms with Crippen molar-refractivity contribution in [2.24, 2.45) is 0 Å². The zero-order valence-electron chi connectivity index (χ0n) is 10.5. The lowest BCUT2D eigenvalue weighted by Gasteiger charge is -2.36. The van der Waals surface area contributed by atoms with Crippen molar-refractivity contribution in [2.75, 3.05) is 37.6 Å². The van der Waals surface area contributed by atoms with Gasteiger partial charge < -0.3 is 10.0 Å². The van der Waals surface area contributed by atoms with E-state index in [0.717, 1.165) is 31.9 Å². The molecule has 0 aromatic heterocycles. The molecule has 104 valence electrons. The summed E-state index contributed by atoms with van der Waals surface area (Å²) in [4.78, 5) is 14.9. The van der Waals surface area contributed by atoms with Gasteiger partial charge in [-0.15, -0.1) is 0 Å². The van der Waals surface area contributed by atoms with Crippen molar-refractivity contribution in [1.82, 2.24) is 4.90 Å². The van der Waals surface area contributed by atoms with Gasteiger partial charge in [0.25, 0.3) is 0 Å². The first kappa shape index (κ1) is 14.4. The molecule has 19 heavy (non-hydrogen) atoms. The first-order chi connectivity index (χ1) is 9.04. The van der Waals surface area contributed by atoms with Crippen molar-refractivity contribution < 1.29 is 9.90 Å². The summed E-state index contributed by atoms with van der Waals surface area (Å²) in [5.74, 6) is -0.746. The number of carbonyl (C=O) groups is 1. The number of rotatable bonds is 4. The van der Waals surface area contributed by atoms with Gasteiger partial charge in [0.05, 0.1) is 6.42 Å². The Morgan fingerprint density at radius 2 is 1.68 bits per heavy atom. The summed E-state index contributed by atoms with van der Waals surface area (Å²) in [7, 11) is 0. The van der Waals surface area contributed by atoms with Crippen LogP contribution < -0.4 is 4.90 Å². The smallest absolute Gasteiger partial charge is 0.304 e. The van der Waals surface area contributed by atoms with E-state index in [1.54, 1.807) is 6.07 Å². The fraction of sp³-hybridized carbons (Fsp3) is 0.462. The van der Waals surface area contributed by atoms with Crippen molar-refractivity contribution >= 4 is 34.9 Å². The first-order valence-corrected chi connectivity index (χ1v) is 6.95. The van der Waals surface area contributed by atoms with Gasteiger partial charge >= 0.3 is 5.97 Å². The molecule has 1 aliphatic rings. The van der Waals surface area contributed by atoms with Crippen molar-refractivity contribution in [3.05, 3.63) is 28.2 Å². The van der Waals surface area contributed by atoms with Gasteiger partial charge in [-0.25, -0.2) is 0 Å². The van der Waals surface area contributed by atoms with Crippen LogP contribution in [0, 0.1) is 0 Å². The van der Waals surface area contributed by atoms with E-state index in [-0.39, 0.29) is 6.42 Å². The largest absolute Gasteiger partial charge is 0.481 e. The molecule has 1 fully saturated rings. The maximum Gasteiger partial charge on any atom is 0.304 e. The van der Waals surface area contributed by atoms with Gasteiger partial charge in [0.1, 0.15) is 0 Å². The molecule has 1 N–H and O–H groups in total. The van der Waals surface area contributed by atoms with Crippen molar-refractivity contribution in [2.45, 2.75) is 6.42 Å². The van der Waals surface area contributed by atoms with Crippen LogP contribution in [0.15, 0.2) is 18.2 Å². The van der Waals surface area contributed by atoms with Crippen molar-refractivity contribution in [3.8, 4) is 0 Å². The highest BCUT2D eigenvalue weighted by Gasteiger charge is 2.18. The van der Waals surface area contributed by atoms with E-state index in [9.17, 15) is 4.79 Å². The lowest BCUT2D eigenvalue weighted by molar-refractivity contribution is -0.137. The minimum atomic E-state index is -0.746. The number of benzene rings is 1. The van der Waals surface area contributed by atoms with Crippen LogP contribution in [0.5, 0.6) is 0 Å². The topological polar surface area (TPSA) is 43.8 Å². The third-order valence-corrected chi connectivity index (χ3v) is 3.66. The molecule has 1 heterocycles. The number of halogens is 2. The quantitative estimate of drug-likeness (QED) is 0.928. The molecule has 0 radical (unpaired) electrons. The fourth-order valence-electron chi connectivity index (χ4n) is 2.21. The van der Waals surface area contributed by atoms with Gasteiger partial charge in [-0.2, -0.15) is 0 Å². The van der Waals surface area contributed by atoms with Crippen LogP contribution in [0.2, 0.25) is 10.0 Å². The Balaban J connectivity index is 1.90. The number of hydrogen-bond donors (Lipinski definition) is 1. The van der Waals surface area contributed by atoms with E-state index in [1.807, 2.05) is 12.1 Å². The number of anilines is 1. The summed E-state index contributed by atoms with van der Waals surface area (Å²) in [6.45, 7) is 4.04. The molecule has 0 spiro atoms. The molecule has 1 saturated heterocycles. The molecule has 0 atom stereocenters. The van der Waals surface area contributed by atoms with Crippen LogP contribution in [0.1, 0.15) is 6.42 Å². The summed E-state index contributed by atoms with van der Waals surface area (Å²) in [5.41, 5.74) is 1.02. The molecule has 0 unspecified atom stereocenters. The van der Waals surface area contributed by atoms with Crippen LogP contribution in [-0.4, -0.2) is 48.7 Å². The number of carboxylic acid groups (broad SMARTS) is 1. The van der Waals surface area contributed by atoms with E-state index in [2.05, 4.69) is 9.80 Å². The Kier molecular flexibility index (Phi) is 4.91. The Hall–Kier alpha value is -0.970. The molecule has 1 aromatic rings. The summed E-state index contributed by atoms with van der Waals surface area (Å²) in [5, 5.41) is 9.94. The Labute approximate surface area is 122 Å². The molecule has 2 rings (SSSR count). The SMILES string of the molecule is O=C(O)CCN1CCN(c2cc(Cl)cc(Cl)c2)CC1. The summed E-state index contributed by atoms with van der Waals surface area (Å²) < 4.78 is 0. The van der Waals surface area contributed by atoms with E-state index < -0.39 is 5.97 Å². The Morgan fingerprint density at radius 3 is 2.21 bits per heavy atom. The van der Waals surface area contributed by atoms with E-state index >= 15 is 0 Å². The van der Waals surface area contributed by atoms with Crippen molar-refractivity contribution in [3.63, 3.8) is 0 Å². The van der Waals surface area contributed by atoms with Crippen LogP contribution in [0.4, 0.5) is 5.69 Å². The predicted molar refractivity (Wildman–Crippen MR) is 77.4 cm³/mol. The van der Waals surface area contributed by atoms with E-state index in [0.29, 0.717) is 16.6 Å². The second kappa shape index (κ2) is 6.46. The second-order valence-corrected chi connectivity index (χ2v) is 5.47. The number of hydrogen-bond acceptors (Lipinski definition) is 3. The number of nitrogens with zero attached hydrogens (tertiary/aromatic N) is 2. The summed E-state index contributed by atoms with van der Waals surface area (Å²) in [6.07, 6.45) is 0.197. The predicted octanol–water partition coefficient (Wildman–Crippen LogP) is 2.59. The maximum absolute atomic E-state index is 10.5. The van der Waals surface area contributed by atoms with Gasteiger partial charge in [0.2, 0.25) is 0 Å². The normalized spacial score (nSPS) is 16.6. The monoisotopic (exact) mass is 302 g/mol. The van der Waals surface area contributed by atoms with Gasteiger partial charge in [0, 0.05) is 48.5 Å².